The lowest BCUT2D eigenvalue weighted by Crippen LogP contribution is -2.30. The number of carbonyl (C=O) groups excluding carboxylic acids is 3. The zero-order chi connectivity index (χ0) is 53.6. The van der Waals surface area contributed by atoms with Gasteiger partial charge in [-0.3, -0.25) is 14.4 Å². The highest BCUT2D eigenvalue weighted by Gasteiger charge is 2.19. The van der Waals surface area contributed by atoms with Crippen LogP contribution in [-0.4, -0.2) is 37.2 Å². The van der Waals surface area contributed by atoms with Crippen LogP contribution in [0, 0.1) is 0 Å². The molecule has 0 rings (SSSR count). The molecule has 0 fully saturated rings. The van der Waals surface area contributed by atoms with Gasteiger partial charge >= 0.3 is 17.9 Å². The van der Waals surface area contributed by atoms with E-state index < -0.39 is 6.10 Å². The van der Waals surface area contributed by atoms with Crippen LogP contribution >= 0.6 is 0 Å². The van der Waals surface area contributed by atoms with Crippen molar-refractivity contribution in [3.05, 3.63) is 97.2 Å². The first-order chi connectivity index (χ1) is 36.5. The first-order valence-corrected chi connectivity index (χ1v) is 31.2. The van der Waals surface area contributed by atoms with Gasteiger partial charge in [0.1, 0.15) is 13.2 Å². The maximum absolute atomic E-state index is 12.9. The Morgan fingerprint density at radius 1 is 0.284 bits per heavy atom. The summed E-state index contributed by atoms with van der Waals surface area (Å²) in [6, 6.07) is 0. The summed E-state index contributed by atoms with van der Waals surface area (Å²) in [6.45, 7) is 6.40. The molecule has 0 aromatic carbocycles. The first-order valence-electron chi connectivity index (χ1n) is 31.2. The Kier molecular flexibility index (Phi) is 58.8. The number of unbranched alkanes of at least 4 members (excludes halogenated alkanes) is 29. The number of ether oxygens (including phenoxy) is 3. The molecule has 0 N–H and O–H groups in total. The van der Waals surface area contributed by atoms with Crippen LogP contribution in [0.4, 0.5) is 0 Å². The van der Waals surface area contributed by atoms with Crippen LogP contribution in [0.2, 0.25) is 0 Å². The maximum atomic E-state index is 12.9. The fraction of sp³-hybridized carbons (Fsp3) is 0.721. The highest BCUT2D eigenvalue weighted by molar-refractivity contribution is 5.71. The Balaban J connectivity index is 4.17. The predicted octanol–water partition coefficient (Wildman–Crippen LogP) is 21.3. The number of esters is 3. The van der Waals surface area contributed by atoms with Crippen molar-refractivity contribution in [3.8, 4) is 0 Å². The standard InChI is InChI=1S/C68H116O6/c1-4-7-10-13-16-19-21-23-25-27-29-31-32-33-34-35-36-38-39-41-43-45-47-49-52-55-58-61-67(70)73-64-65(63-72-66(69)60-57-54-51-18-15-12-9-6-3)74-68(71)62-59-56-53-50-48-46-44-42-40-37-30-28-26-24-22-20-17-14-11-8-5-2/h7-8,10-11,16-17,19-20,23-26,29-31,37,65H,4-6,9,12-15,18,21-22,27-28,32-36,38-64H2,1-3H3/b10-7-,11-8-,19-16-,20-17-,25-23-,26-24-,31-29-,37-30-. The largest absolute Gasteiger partial charge is 0.462 e. The molecule has 0 spiro atoms. The van der Waals surface area contributed by atoms with Crippen molar-refractivity contribution in [1.29, 1.82) is 0 Å². The second kappa shape index (κ2) is 61.9. The van der Waals surface area contributed by atoms with Crippen LogP contribution in [0.15, 0.2) is 97.2 Å². The van der Waals surface area contributed by atoms with Crippen molar-refractivity contribution >= 4 is 17.9 Å². The normalized spacial score (nSPS) is 12.7. The van der Waals surface area contributed by atoms with Crippen molar-refractivity contribution < 1.29 is 28.6 Å². The topological polar surface area (TPSA) is 78.9 Å². The Morgan fingerprint density at radius 2 is 0.527 bits per heavy atom. The Hall–Kier alpha value is -3.67. The van der Waals surface area contributed by atoms with Crippen LogP contribution in [0.5, 0.6) is 0 Å². The number of carbonyl (C=O) groups is 3. The van der Waals surface area contributed by atoms with Crippen LogP contribution in [0.25, 0.3) is 0 Å². The van der Waals surface area contributed by atoms with Crippen molar-refractivity contribution in [2.75, 3.05) is 13.2 Å². The van der Waals surface area contributed by atoms with E-state index in [0.29, 0.717) is 19.3 Å². The Morgan fingerprint density at radius 3 is 0.824 bits per heavy atom. The predicted molar refractivity (Wildman–Crippen MR) is 320 cm³/mol. The molecule has 6 heteroatoms. The van der Waals surface area contributed by atoms with Gasteiger partial charge in [-0.1, -0.05) is 279 Å². The van der Waals surface area contributed by atoms with Crippen molar-refractivity contribution in [1.82, 2.24) is 0 Å². The van der Waals surface area contributed by atoms with Gasteiger partial charge in [-0.15, -0.1) is 0 Å². The fourth-order valence-electron chi connectivity index (χ4n) is 8.72. The highest BCUT2D eigenvalue weighted by atomic mass is 16.6. The van der Waals surface area contributed by atoms with E-state index in [1.165, 1.54) is 141 Å². The molecule has 424 valence electrons. The summed E-state index contributed by atoms with van der Waals surface area (Å²) in [4.78, 5) is 38.1. The van der Waals surface area contributed by atoms with E-state index in [4.69, 9.17) is 14.2 Å². The van der Waals surface area contributed by atoms with Gasteiger partial charge in [0.2, 0.25) is 0 Å². The molecular formula is C68H116O6. The summed E-state index contributed by atoms with van der Waals surface area (Å²) >= 11 is 0. The molecule has 6 nitrogen and oxygen atoms in total. The van der Waals surface area contributed by atoms with Crippen molar-refractivity contribution in [3.63, 3.8) is 0 Å². The van der Waals surface area contributed by atoms with E-state index in [1.807, 2.05) is 0 Å². The van der Waals surface area contributed by atoms with Gasteiger partial charge in [-0.05, 0) is 96.3 Å². The van der Waals surface area contributed by atoms with Gasteiger partial charge in [0.25, 0.3) is 0 Å². The second-order valence-corrected chi connectivity index (χ2v) is 20.6. The zero-order valence-corrected chi connectivity index (χ0v) is 48.6. The molecule has 0 aliphatic carbocycles. The second-order valence-electron chi connectivity index (χ2n) is 20.6. The summed E-state index contributed by atoms with van der Waals surface area (Å²) < 4.78 is 16.9. The van der Waals surface area contributed by atoms with Crippen LogP contribution < -0.4 is 0 Å². The SMILES string of the molecule is CC/C=C\C/C=C\C/C=C\C/C=C\CCCCCCCCCCCCCCCCC(=O)OCC(COC(=O)CCCCCCCCCC)OC(=O)CCCCCCCCCC/C=C\C/C=C\C/C=C\C/C=C\CC. The molecule has 1 unspecified atom stereocenters. The van der Waals surface area contributed by atoms with Crippen LogP contribution in [-0.2, 0) is 28.6 Å². The van der Waals surface area contributed by atoms with Gasteiger partial charge in [0.15, 0.2) is 6.10 Å². The highest BCUT2D eigenvalue weighted by Crippen LogP contribution is 2.16. The third-order valence-electron chi connectivity index (χ3n) is 13.3. The summed E-state index contributed by atoms with van der Waals surface area (Å²) in [7, 11) is 0. The molecule has 0 aliphatic heterocycles. The van der Waals surface area contributed by atoms with E-state index in [0.717, 1.165) is 116 Å². The van der Waals surface area contributed by atoms with Crippen LogP contribution in [0.1, 0.15) is 297 Å². The number of allylic oxidation sites excluding steroid dienone is 16. The summed E-state index contributed by atoms with van der Waals surface area (Å²) in [5.74, 6) is -0.883. The van der Waals surface area contributed by atoms with Gasteiger partial charge in [-0.2, -0.15) is 0 Å². The summed E-state index contributed by atoms with van der Waals surface area (Å²) in [5.41, 5.74) is 0. The molecule has 74 heavy (non-hydrogen) atoms. The average Bonchev–Trinajstić information content (AvgIpc) is 3.40. The Bertz CT molecular complexity index is 1460. The molecule has 0 amide bonds. The van der Waals surface area contributed by atoms with E-state index in [2.05, 4.69) is 118 Å². The van der Waals surface area contributed by atoms with E-state index in [9.17, 15) is 14.4 Å². The molecule has 0 saturated carbocycles. The van der Waals surface area contributed by atoms with Crippen LogP contribution in [0.3, 0.4) is 0 Å². The molecular weight excluding hydrogens is 913 g/mol. The van der Waals surface area contributed by atoms with E-state index in [-0.39, 0.29) is 31.1 Å². The van der Waals surface area contributed by atoms with Gasteiger partial charge in [0, 0.05) is 19.3 Å². The van der Waals surface area contributed by atoms with Gasteiger partial charge in [0.05, 0.1) is 0 Å². The molecule has 0 aromatic rings. The molecule has 0 radical (unpaired) electrons. The Labute approximate surface area is 457 Å². The first kappa shape index (κ1) is 70.3. The minimum absolute atomic E-state index is 0.0785. The third kappa shape index (κ3) is 59.2. The fourth-order valence-corrected chi connectivity index (χ4v) is 8.72. The molecule has 0 heterocycles. The average molecular weight is 1030 g/mol. The minimum atomic E-state index is -0.780. The van der Waals surface area contributed by atoms with Crippen molar-refractivity contribution in [2.24, 2.45) is 0 Å². The number of hydrogen-bond acceptors (Lipinski definition) is 6. The zero-order valence-electron chi connectivity index (χ0n) is 48.6. The summed E-state index contributed by atoms with van der Waals surface area (Å²) in [5, 5.41) is 0. The maximum Gasteiger partial charge on any atom is 0.306 e. The molecule has 0 bridgehead atoms. The number of hydrogen-bond donors (Lipinski definition) is 0. The molecule has 1 atom stereocenters. The molecule has 0 aromatic heterocycles. The molecule has 0 saturated heterocycles. The molecule has 0 aliphatic rings. The lowest BCUT2D eigenvalue weighted by atomic mass is 10.0. The van der Waals surface area contributed by atoms with E-state index >= 15 is 0 Å². The smallest absolute Gasteiger partial charge is 0.306 e. The van der Waals surface area contributed by atoms with Gasteiger partial charge < -0.3 is 14.2 Å². The third-order valence-corrected chi connectivity index (χ3v) is 13.3. The lowest BCUT2D eigenvalue weighted by Gasteiger charge is -2.18. The number of rotatable bonds is 56. The monoisotopic (exact) mass is 1030 g/mol. The van der Waals surface area contributed by atoms with E-state index in [1.54, 1.807) is 0 Å². The lowest BCUT2D eigenvalue weighted by molar-refractivity contribution is -0.167. The summed E-state index contributed by atoms with van der Waals surface area (Å²) in [6.07, 6.45) is 82.8. The van der Waals surface area contributed by atoms with Gasteiger partial charge in [-0.25, -0.2) is 0 Å². The quantitative estimate of drug-likeness (QED) is 0.0261. The van der Waals surface area contributed by atoms with Crippen molar-refractivity contribution in [2.45, 2.75) is 303 Å². The minimum Gasteiger partial charge on any atom is -0.462 e.